The highest BCUT2D eigenvalue weighted by Crippen LogP contribution is 2.30. The molecule has 2 aromatic carbocycles. The van der Waals surface area contributed by atoms with Crippen molar-refractivity contribution in [3.05, 3.63) is 71.7 Å². The van der Waals surface area contributed by atoms with E-state index < -0.39 is 10.2 Å². The number of nitrogens with one attached hydrogen (secondary N) is 2. The molecule has 2 aliphatic rings. The van der Waals surface area contributed by atoms with E-state index in [1.54, 1.807) is 0 Å². The van der Waals surface area contributed by atoms with Gasteiger partial charge in [0.15, 0.2) is 0 Å². The highest BCUT2D eigenvalue weighted by molar-refractivity contribution is 7.90. The van der Waals surface area contributed by atoms with Crippen LogP contribution in [0.5, 0.6) is 0 Å². The van der Waals surface area contributed by atoms with E-state index in [2.05, 4.69) is 20.7 Å². The van der Waals surface area contributed by atoms with Crippen LogP contribution in [-0.2, 0) is 16.8 Å². The molecule has 5 rings (SSSR count). The Morgan fingerprint density at radius 2 is 1.97 bits per heavy atom. The third kappa shape index (κ3) is 3.51. The Morgan fingerprint density at radius 1 is 1.10 bits per heavy atom. The first-order valence-electron chi connectivity index (χ1n) is 10.0. The van der Waals surface area contributed by atoms with Gasteiger partial charge in [-0.15, -0.1) is 0 Å². The van der Waals surface area contributed by atoms with E-state index in [0.29, 0.717) is 19.6 Å². The first-order chi connectivity index (χ1) is 14.5. The largest absolute Gasteiger partial charge is 0.360 e. The summed E-state index contributed by atoms with van der Waals surface area (Å²) < 4.78 is 42.6. The fourth-order valence-electron chi connectivity index (χ4n) is 4.28. The Balaban J connectivity index is 1.29. The van der Waals surface area contributed by atoms with E-state index in [1.165, 1.54) is 22.0 Å². The molecular weight excluding hydrogens is 403 g/mol. The average molecular weight is 427 g/mol. The molecule has 0 radical (unpaired) electrons. The van der Waals surface area contributed by atoms with Gasteiger partial charge in [0.1, 0.15) is 5.82 Å². The number of hydrogen-bond acceptors (Lipinski definition) is 3. The lowest BCUT2D eigenvalue weighted by Gasteiger charge is -2.33. The zero-order valence-electron chi connectivity index (χ0n) is 16.4. The van der Waals surface area contributed by atoms with Gasteiger partial charge in [-0.05, 0) is 41.8 Å². The van der Waals surface area contributed by atoms with Crippen molar-refractivity contribution >= 4 is 32.4 Å². The standard InChI is InChI=1S/C22H23FN4O2S/c23-18-5-6-19-20(15-24-21(19)13-18)16-7-9-26(10-8-16)11-12-27-22-4-2-1-3-17(22)14-25-30(27,28)29/h1-7,13,15,24-25H,8-12,14H2. The van der Waals surface area contributed by atoms with Crippen molar-refractivity contribution in [1.29, 1.82) is 0 Å². The predicted octanol–water partition coefficient (Wildman–Crippen LogP) is 3.25. The van der Waals surface area contributed by atoms with Gasteiger partial charge in [0.25, 0.3) is 0 Å². The molecule has 0 unspecified atom stereocenters. The van der Waals surface area contributed by atoms with Crippen molar-refractivity contribution in [1.82, 2.24) is 14.6 Å². The van der Waals surface area contributed by atoms with Crippen LogP contribution in [0.25, 0.3) is 16.5 Å². The van der Waals surface area contributed by atoms with Gasteiger partial charge in [-0.1, -0.05) is 24.3 Å². The first kappa shape index (κ1) is 19.3. The van der Waals surface area contributed by atoms with E-state index >= 15 is 0 Å². The van der Waals surface area contributed by atoms with Crippen LogP contribution in [-0.4, -0.2) is 44.5 Å². The van der Waals surface area contributed by atoms with Crippen LogP contribution < -0.4 is 9.03 Å². The molecule has 1 aromatic heterocycles. The van der Waals surface area contributed by atoms with Crippen molar-refractivity contribution in [2.45, 2.75) is 13.0 Å². The molecule has 0 bridgehead atoms. The fraction of sp³-hybridized carbons (Fsp3) is 0.273. The highest BCUT2D eigenvalue weighted by atomic mass is 32.2. The van der Waals surface area contributed by atoms with Gasteiger partial charge in [-0.2, -0.15) is 13.1 Å². The maximum Gasteiger partial charge on any atom is 0.301 e. The van der Waals surface area contributed by atoms with E-state index in [9.17, 15) is 12.8 Å². The van der Waals surface area contributed by atoms with Crippen molar-refractivity contribution < 1.29 is 12.8 Å². The van der Waals surface area contributed by atoms with Crippen molar-refractivity contribution in [3.63, 3.8) is 0 Å². The molecule has 2 aliphatic heterocycles. The molecule has 8 heteroatoms. The summed E-state index contributed by atoms with van der Waals surface area (Å²) >= 11 is 0. The van der Waals surface area contributed by atoms with Gasteiger partial charge in [0.2, 0.25) is 0 Å². The second kappa shape index (κ2) is 7.54. The Hall–Kier alpha value is -2.68. The lowest BCUT2D eigenvalue weighted by Crippen LogP contribution is -2.48. The summed E-state index contributed by atoms with van der Waals surface area (Å²) in [5.41, 5.74) is 4.90. The summed E-state index contributed by atoms with van der Waals surface area (Å²) in [7, 11) is -3.51. The monoisotopic (exact) mass is 426 g/mol. The summed E-state index contributed by atoms with van der Waals surface area (Å²) in [5.74, 6) is -0.247. The second-order valence-electron chi connectivity index (χ2n) is 7.70. The van der Waals surface area contributed by atoms with Crippen LogP contribution in [0.1, 0.15) is 17.5 Å². The SMILES string of the molecule is O=S1(=O)NCc2ccccc2N1CCN1CC=C(c2c[nH]c3cc(F)ccc23)CC1. The molecule has 0 fully saturated rings. The van der Waals surface area contributed by atoms with Crippen molar-refractivity contribution in [2.24, 2.45) is 0 Å². The number of nitrogens with zero attached hydrogens (tertiary/aromatic N) is 2. The van der Waals surface area contributed by atoms with Gasteiger partial charge in [0.05, 0.1) is 5.69 Å². The van der Waals surface area contributed by atoms with Crippen LogP contribution in [0.2, 0.25) is 0 Å². The summed E-state index contributed by atoms with van der Waals surface area (Å²) in [5, 5.41) is 1.03. The fourth-order valence-corrected chi connectivity index (χ4v) is 5.53. The molecular formula is C22H23FN4O2S. The molecule has 0 spiro atoms. The minimum absolute atomic E-state index is 0.247. The first-order valence-corrected chi connectivity index (χ1v) is 11.5. The molecule has 156 valence electrons. The zero-order valence-corrected chi connectivity index (χ0v) is 17.3. The lowest BCUT2D eigenvalue weighted by molar-refractivity contribution is 0.310. The number of aromatic amines is 1. The predicted molar refractivity (Wildman–Crippen MR) is 117 cm³/mol. The molecule has 3 heterocycles. The maximum atomic E-state index is 13.4. The number of hydrogen-bond donors (Lipinski definition) is 2. The third-order valence-electron chi connectivity index (χ3n) is 5.90. The van der Waals surface area contributed by atoms with E-state index in [-0.39, 0.29) is 5.82 Å². The van der Waals surface area contributed by atoms with Crippen LogP contribution in [0.3, 0.4) is 0 Å². The van der Waals surface area contributed by atoms with Crippen molar-refractivity contribution in [2.75, 3.05) is 30.5 Å². The summed E-state index contributed by atoms with van der Waals surface area (Å²) in [6.45, 7) is 2.99. The molecule has 2 N–H and O–H groups in total. The maximum absolute atomic E-state index is 13.4. The van der Waals surface area contributed by atoms with Crippen LogP contribution >= 0.6 is 0 Å². The number of benzene rings is 2. The number of H-pyrrole nitrogens is 1. The van der Waals surface area contributed by atoms with E-state index in [0.717, 1.165) is 47.2 Å². The van der Waals surface area contributed by atoms with Gasteiger partial charge in [0, 0.05) is 55.4 Å². The molecule has 6 nitrogen and oxygen atoms in total. The third-order valence-corrected chi connectivity index (χ3v) is 7.37. The van der Waals surface area contributed by atoms with Crippen LogP contribution in [0.4, 0.5) is 10.1 Å². The summed E-state index contributed by atoms with van der Waals surface area (Å²) in [6, 6.07) is 12.4. The molecule has 0 atom stereocenters. The number of rotatable bonds is 4. The normalized spacial score (nSPS) is 19.0. The molecule has 0 saturated heterocycles. The Kier molecular flexibility index (Phi) is 4.85. The quantitative estimate of drug-likeness (QED) is 0.673. The van der Waals surface area contributed by atoms with E-state index in [4.69, 9.17) is 0 Å². The average Bonchev–Trinajstić information content (AvgIpc) is 3.16. The zero-order chi connectivity index (χ0) is 20.7. The molecule has 0 aliphatic carbocycles. The minimum Gasteiger partial charge on any atom is -0.360 e. The molecule has 3 aromatic rings. The Morgan fingerprint density at radius 3 is 2.80 bits per heavy atom. The number of fused-ring (bicyclic) bond motifs is 2. The summed E-state index contributed by atoms with van der Waals surface area (Å²) in [4.78, 5) is 5.40. The van der Waals surface area contributed by atoms with Crippen LogP contribution in [0.15, 0.2) is 54.7 Å². The summed E-state index contributed by atoms with van der Waals surface area (Å²) in [6.07, 6.45) is 4.99. The van der Waals surface area contributed by atoms with E-state index in [1.807, 2.05) is 36.5 Å². The second-order valence-corrected chi connectivity index (χ2v) is 9.38. The van der Waals surface area contributed by atoms with Gasteiger partial charge >= 0.3 is 10.2 Å². The van der Waals surface area contributed by atoms with Gasteiger partial charge < -0.3 is 4.98 Å². The number of para-hydroxylation sites is 1. The topological polar surface area (TPSA) is 68.4 Å². The Labute approximate surface area is 175 Å². The molecule has 0 amide bonds. The van der Waals surface area contributed by atoms with Gasteiger partial charge in [-0.3, -0.25) is 9.21 Å². The number of anilines is 1. The molecule has 0 saturated carbocycles. The van der Waals surface area contributed by atoms with Crippen LogP contribution in [0, 0.1) is 5.82 Å². The minimum atomic E-state index is -3.51. The Bertz CT molecular complexity index is 1230. The molecule has 30 heavy (non-hydrogen) atoms. The lowest BCUT2D eigenvalue weighted by atomic mass is 9.99. The highest BCUT2D eigenvalue weighted by Gasteiger charge is 2.29. The van der Waals surface area contributed by atoms with Crippen molar-refractivity contribution in [3.8, 4) is 0 Å². The smallest absolute Gasteiger partial charge is 0.301 e. The number of halogens is 1. The number of aromatic nitrogens is 1. The van der Waals surface area contributed by atoms with Gasteiger partial charge in [-0.25, -0.2) is 4.39 Å².